The highest BCUT2D eigenvalue weighted by molar-refractivity contribution is 7.86. The summed E-state index contributed by atoms with van der Waals surface area (Å²) in [6.45, 7) is 6.50. The number of likely N-dealkylation sites (tertiary alicyclic amines) is 1. The van der Waals surface area contributed by atoms with Gasteiger partial charge in [0.2, 0.25) is 0 Å². The summed E-state index contributed by atoms with van der Waals surface area (Å²) in [5.41, 5.74) is -0.730. The Bertz CT molecular complexity index is 523. The Hall–Kier alpha value is -1.35. The van der Waals surface area contributed by atoms with Crippen molar-refractivity contribution in [2.75, 3.05) is 19.4 Å². The van der Waals surface area contributed by atoms with Crippen LogP contribution in [0.3, 0.4) is 0 Å². The van der Waals surface area contributed by atoms with Crippen molar-refractivity contribution in [2.45, 2.75) is 51.9 Å². The zero-order chi connectivity index (χ0) is 17.1. The highest BCUT2D eigenvalue weighted by atomic mass is 32.2. The van der Waals surface area contributed by atoms with Gasteiger partial charge in [0, 0.05) is 6.42 Å². The van der Waals surface area contributed by atoms with Crippen LogP contribution in [-0.4, -0.2) is 62.5 Å². The minimum atomic E-state index is -3.67. The molecule has 1 aliphatic rings. The molecule has 0 saturated carbocycles. The van der Waals surface area contributed by atoms with E-state index in [1.54, 1.807) is 20.8 Å². The van der Waals surface area contributed by atoms with E-state index in [1.807, 2.05) is 0 Å². The van der Waals surface area contributed by atoms with Crippen molar-refractivity contribution >= 4 is 22.2 Å². The number of ether oxygens (including phenoxy) is 2. The summed E-state index contributed by atoms with van der Waals surface area (Å²) < 4.78 is 37.9. The lowest BCUT2D eigenvalue weighted by atomic mass is 10.2. The molecule has 9 heteroatoms. The monoisotopic (exact) mass is 337 g/mol. The van der Waals surface area contributed by atoms with E-state index in [4.69, 9.17) is 8.92 Å². The third kappa shape index (κ3) is 5.13. The molecule has 0 bridgehead atoms. The fraction of sp³-hybridized carbons (Fsp3) is 0.846. The molecular weight excluding hydrogens is 314 g/mol. The fourth-order valence-electron chi connectivity index (χ4n) is 2.02. The van der Waals surface area contributed by atoms with Crippen LogP contribution < -0.4 is 0 Å². The van der Waals surface area contributed by atoms with E-state index in [2.05, 4.69) is 4.74 Å². The lowest BCUT2D eigenvalue weighted by molar-refractivity contribution is -0.145. The summed E-state index contributed by atoms with van der Waals surface area (Å²) in [5.74, 6) is -0.815. The summed E-state index contributed by atoms with van der Waals surface area (Å²) in [5, 5.41) is 0. The van der Waals surface area contributed by atoms with Crippen molar-refractivity contribution in [1.29, 1.82) is 0 Å². The molecule has 1 heterocycles. The van der Waals surface area contributed by atoms with Crippen LogP contribution in [0.25, 0.3) is 0 Å². The molecule has 1 saturated heterocycles. The summed E-state index contributed by atoms with van der Waals surface area (Å²) >= 11 is 0. The average molecular weight is 337 g/mol. The van der Waals surface area contributed by atoms with Gasteiger partial charge in [0.05, 0.1) is 25.5 Å². The lowest BCUT2D eigenvalue weighted by Gasteiger charge is -2.27. The molecule has 0 aromatic carbocycles. The van der Waals surface area contributed by atoms with Crippen molar-refractivity contribution in [1.82, 2.24) is 4.90 Å². The molecule has 1 amide bonds. The number of nitrogens with zero attached hydrogens (tertiary/aromatic N) is 1. The van der Waals surface area contributed by atoms with Crippen molar-refractivity contribution in [2.24, 2.45) is 0 Å². The van der Waals surface area contributed by atoms with E-state index < -0.39 is 39.9 Å². The summed E-state index contributed by atoms with van der Waals surface area (Å²) in [6.07, 6.45) is -1.45. The number of amides is 1. The van der Waals surface area contributed by atoms with Crippen LogP contribution in [0.5, 0.6) is 0 Å². The van der Waals surface area contributed by atoms with Gasteiger partial charge in [0.25, 0.3) is 10.1 Å². The first-order valence-electron chi connectivity index (χ1n) is 6.97. The summed E-state index contributed by atoms with van der Waals surface area (Å²) in [4.78, 5) is 25.1. The highest BCUT2D eigenvalue weighted by Crippen LogP contribution is 2.25. The molecule has 0 aromatic rings. The molecule has 8 nitrogen and oxygen atoms in total. The number of hydrogen-bond acceptors (Lipinski definition) is 7. The molecular formula is C13H23NO7S. The van der Waals surface area contributed by atoms with Crippen molar-refractivity contribution < 1.29 is 31.7 Å². The van der Waals surface area contributed by atoms with Crippen LogP contribution in [-0.2, 0) is 28.6 Å². The standard InChI is InChI=1S/C13H23NO7S/c1-6-22(17,18)21-9-7-10(11(15)19-5)14(8-9)12(16)20-13(2,3)4/h9-10H,6-8H2,1-5H3/t9-,10+/m1/s1. The van der Waals surface area contributed by atoms with Gasteiger partial charge in [-0.1, -0.05) is 0 Å². The first-order chi connectivity index (χ1) is 9.99. The van der Waals surface area contributed by atoms with Gasteiger partial charge in [-0.15, -0.1) is 0 Å². The Morgan fingerprint density at radius 3 is 2.32 bits per heavy atom. The Morgan fingerprint density at radius 2 is 1.86 bits per heavy atom. The zero-order valence-electron chi connectivity index (χ0n) is 13.5. The predicted molar refractivity (Wildman–Crippen MR) is 77.7 cm³/mol. The molecule has 0 unspecified atom stereocenters. The second kappa shape index (κ2) is 6.82. The topological polar surface area (TPSA) is 99.2 Å². The molecule has 2 atom stereocenters. The molecule has 0 radical (unpaired) electrons. The second-order valence-electron chi connectivity index (χ2n) is 5.97. The predicted octanol–water partition coefficient (Wildman–Crippen LogP) is 0.904. The van der Waals surface area contributed by atoms with E-state index in [0.29, 0.717) is 0 Å². The Labute approximate surface area is 130 Å². The Balaban J connectivity index is 2.89. The van der Waals surface area contributed by atoms with Crippen molar-refractivity contribution in [3.63, 3.8) is 0 Å². The maximum absolute atomic E-state index is 12.2. The number of carbonyl (C=O) groups is 2. The van der Waals surface area contributed by atoms with Crippen molar-refractivity contribution in [3.8, 4) is 0 Å². The van der Waals surface area contributed by atoms with Gasteiger partial charge >= 0.3 is 12.1 Å². The second-order valence-corrected chi connectivity index (χ2v) is 7.86. The molecule has 0 aliphatic carbocycles. The molecule has 1 fully saturated rings. The molecule has 0 spiro atoms. The fourth-order valence-corrected chi connectivity index (χ4v) is 2.71. The molecule has 1 aliphatic heterocycles. The van der Waals surface area contributed by atoms with Gasteiger partial charge in [-0.05, 0) is 27.7 Å². The Kier molecular flexibility index (Phi) is 5.80. The first kappa shape index (κ1) is 18.7. The third-order valence-electron chi connectivity index (χ3n) is 3.00. The van der Waals surface area contributed by atoms with Gasteiger partial charge in [-0.3, -0.25) is 9.08 Å². The molecule has 0 aromatic heterocycles. The summed E-state index contributed by atoms with van der Waals surface area (Å²) in [6, 6.07) is -0.920. The van der Waals surface area contributed by atoms with Gasteiger partial charge in [-0.25, -0.2) is 9.59 Å². The van der Waals surface area contributed by atoms with Crippen LogP contribution in [0.1, 0.15) is 34.1 Å². The Morgan fingerprint density at radius 1 is 1.27 bits per heavy atom. The maximum Gasteiger partial charge on any atom is 0.411 e. The van der Waals surface area contributed by atoms with Gasteiger partial charge in [0.1, 0.15) is 11.6 Å². The number of methoxy groups -OCH3 is 1. The number of carbonyl (C=O) groups excluding carboxylic acids is 2. The van der Waals surface area contributed by atoms with E-state index in [-0.39, 0.29) is 18.7 Å². The maximum atomic E-state index is 12.2. The third-order valence-corrected chi connectivity index (χ3v) is 4.27. The zero-order valence-corrected chi connectivity index (χ0v) is 14.3. The average Bonchev–Trinajstić information content (AvgIpc) is 2.79. The molecule has 128 valence electrons. The van der Waals surface area contributed by atoms with Crippen LogP contribution >= 0.6 is 0 Å². The van der Waals surface area contributed by atoms with Crippen molar-refractivity contribution in [3.05, 3.63) is 0 Å². The van der Waals surface area contributed by atoms with Crippen LogP contribution in [0.15, 0.2) is 0 Å². The van der Waals surface area contributed by atoms with E-state index in [0.717, 1.165) is 4.90 Å². The minimum Gasteiger partial charge on any atom is -0.467 e. The number of rotatable bonds is 4. The van der Waals surface area contributed by atoms with Crippen LogP contribution in [0, 0.1) is 0 Å². The van der Waals surface area contributed by atoms with E-state index in [9.17, 15) is 18.0 Å². The quantitative estimate of drug-likeness (QED) is 0.555. The smallest absolute Gasteiger partial charge is 0.411 e. The first-order valence-corrected chi connectivity index (χ1v) is 8.55. The number of esters is 1. The lowest BCUT2D eigenvalue weighted by Crippen LogP contribution is -2.44. The van der Waals surface area contributed by atoms with Crippen LogP contribution in [0.2, 0.25) is 0 Å². The highest BCUT2D eigenvalue weighted by Gasteiger charge is 2.44. The molecule has 1 rings (SSSR count). The van der Waals surface area contributed by atoms with Crippen LogP contribution in [0.4, 0.5) is 4.79 Å². The normalized spacial score (nSPS) is 22.5. The molecule has 0 N–H and O–H groups in total. The minimum absolute atomic E-state index is 0.0468. The van der Waals surface area contributed by atoms with Gasteiger partial charge in [-0.2, -0.15) is 8.42 Å². The van der Waals surface area contributed by atoms with E-state index >= 15 is 0 Å². The summed E-state index contributed by atoms with van der Waals surface area (Å²) in [7, 11) is -2.47. The van der Waals surface area contributed by atoms with E-state index in [1.165, 1.54) is 14.0 Å². The number of hydrogen-bond donors (Lipinski definition) is 0. The van der Waals surface area contributed by atoms with Gasteiger partial charge in [0.15, 0.2) is 0 Å². The van der Waals surface area contributed by atoms with Gasteiger partial charge < -0.3 is 9.47 Å². The SMILES string of the molecule is CCS(=O)(=O)O[C@@H]1C[C@@H](C(=O)OC)N(C(=O)OC(C)(C)C)C1. The largest absolute Gasteiger partial charge is 0.467 e. The molecule has 22 heavy (non-hydrogen) atoms.